The molecule has 0 aliphatic carbocycles. The van der Waals surface area contributed by atoms with Crippen LogP contribution in [0.4, 0.5) is 0 Å². The normalized spacial score (nSPS) is 14.4. The van der Waals surface area contributed by atoms with Gasteiger partial charge in [-0.2, -0.15) is 5.10 Å². The summed E-state index contributed by atoms with van der Waals surface area (Å²) in [6.07, 6.45) is 2.88. The van der Waals surface area contributed by atoms with Crippen LogP contribution >= 0.6 is 11.6 Å². The zero-order valence-corrected chi connectivity index (χ0v) is 15.4. The fourth-order valence-corrected chi connectivity index (χ4v) is 3.73. The van der Waals surface area contributed by atoms with Gasteiger partial charge in [-0.3, -0.25) is 10.00 Å². The summed E-state index contributed by atoms with van der Waals surface area (Å²) in [4.78, 5) is 11.8. The van der Waals surface area contributed by atoms with Crippen molar-refractivity contribution >= 4 is 22.5 Å². The zero-order valence-electron chi connectivity index (χ0n) is 14.7. The minimum atomic E-state index is 0.721. The quantitative estimate of drug-likeness (QED) is 0.582. The van der Waals surface area contributed by atoms with Gasteiger partial charge >= 0.3 is 0 Å². The molecule has 2 aromatic carbocycles. The molecule has 5 nitrogen and oxygen atoms in total. The zero-order chi connectivity index (χ0) is 18.2. The van der Waals surface area contributed by atoms with E-state index < -0.39 is 0 Å². The van der Waals surface area contributed by atoms with Crippen molar-refractivity contribution in [1.82, 2.24) is 25.1 Å². The van der Waals surface area contributed by atoms with Crippen molar-refractivity contribution in [2.24, 2.45) is 0 Å². The van der Waals surface area contributed by atoms with E-state index in [1.807, 2.05) is 42.6 Å². The molecule has 5 rings (SSSR count). The number of hydrogen-bond acceptors (Lipinski definition) is 4. The molecule has 6 heteroatoms. The molecule has 0 fully saturated rings. The summed E-state index contributed by atoms with van der Waals surface area (Å²) in [5.41, 5.74) is 5.51. The second kappa shape index (κ2) is 6.76. The van der Waals surface area contributed by atoms with Gasteiger partial charge in [-0.05, 0) is 30.3 Å². The molecule has 0 radical (unpaired) electrons. The highest BCUT2D eigenvalue weighted by molar-refractivity contribution is 6.30. The molecule has 0 saturated heterocycles. The van der Waals surface area contributed by atoms with Gasteiger partial charge in [-0.1, -0.05) is 29.8 Å². The van der Waals surface area contributed by atoms with E-state index >= 15 is 0 Å². The number of para-hydroxylation sites is 1. The third-order valence-corrected chi connectivity index (χ3v) is 5.29. The molecule has 2 aromatic heterocycles. The first-order chi connectivity index (χ1) is 13.3. The molecule has 1 aliphatic rings. The molecule has 4 aromatic rings. The Morgan fingerprint density at radius 2 is 1.93 bits per heavy atom. The van der Waals surface area contributed by atoms with E-state index in [1.54, 1.807) is 0 Å². The lowest BCUT2D eigenvalue weighted by Crippen LogP contribution is -2.31. The summed E-state index contributed by atoms with van der Waals surface area (Å²) in [7, 11) is 0. The minimum Gasteiger partial charge on any atom is -0.293 e. The van der Waals surface area contributed by atoms with Crippen LogP contribution < -0.4 is 0 Å². The van der Waals surface area contributed by atoms with Gasteiger partial charge in [0.25, 0.3) is 0 Å². The number of benzene rings is 2. The van der Waals surface area contributed by atoms with Crippen LogP contribution in [0.3, 0.4) is 0 Å². The molecule has 1 aliphatic heterocycles. The van der Waals surface area contributed by atoms with Crippen molar-refractivity contribution < 1.29 is 0 Å². The maximum atomic E-state index is 5.97. The highest BCUT2D eigenvalue weighted by Crippen LogP contribution is 2.24. The van der Waals surface area contributed by atoms with Crippen molar-refractivity contribution in [1.29, 1.82) is 0 Å². The van der Waals surface area contributed by atoms with Crippen molar-refractivity contribution in [3.8, 4) is 11.4 Å². The van der Waals surface area contributed by atoms with Crippen molar-refractivity contribution in [3.63, 3.8) is 0 Å². The fraction of sp³-hybridized carbons (Fsp3) is 0.190. The van der Waals surface area contributed by atoms with Gasteiger partial charge in [-0.25, -0.2) is 9.97 Å². The topological polar surface area (TPSA) is 57.7 Å². The van der Waals surface area contributed by atoms with Crippen LogP contribution in [0, 0.1) is 0 Å². The lowest BCUT2D eigenvalue weighted by molar-refractivity contribution is 0.241. The summed E-state index contributed by atoms with van der Waals surface area (Å²) in [5, 5.41) is 9.49. The van der Waals surface area contributed by atoms with E-state index in [9.17, 15) is 0 Å². The number of fused-ring (bicyclic) bond motifs is 2. The smallest absolute Gasteiger partial charge is 0.159 e. The lowest BCUT2D eigenvalue weighted by atomic mass is 10.1. The summed E-state index contributed by atoms with van der Waals surface area (Å²) >= 11 is 5.97. The van der Waals surface area contributed by atoms with Gasteiger partial charge in [0.1, 0.15) is 0 Å². The Labute approximate surface area is 162 Å². The van der Waals surface area contributed by atoms with Gasteiger partial charge < -0.3 is 0 Å². The van der Waals surface area contributed by atoms with Crippen LogP contribution in [0.2, 0.25) is 5.02 Å². The minimum absolute atomic E-state index is 0.721. The Bertz CT molecular complexity index is 1100. The molecular formula is C21H18ClN5. The number of nitrogens with zero attached hydrogens (tertiary/aromatic N) is 4. The van der Waals surface area contributed by atoms with Crippen LogP contribution in [0.15, 0.2) is 54.7 Å². The van der Waals surface area contributed by atoms with Gasteiger partial charge in [0.2, 0.25) is 0 Å². The average Bonchev–Trinajstić information content (AvgIpc) is 3.11. The van der Waals surface area contributed by atoms with Gasteiger partial charge in [0, 0.05) is 53.8 Å². The first-order valence-electron chi connectivity index (χ1n) is 9.01. The van der Waals surface area contributed by atoms with E-state index in [1.165, 1.54) is 10.9 Å². The number of hydrogen-bond donors (Lipinski definition) is 1. The molecule has 134 valence electrons. The van der Waals surface area contributed by atoms with E-state index in [0.717, 1.165) is 59.4 Å². The van der Waals surface area contributed by atoms with Crippen LogP contribution in [-0.2, 0) is 19.5 Å². The molecule has 0 amide bonds. The molecule has 3 heterocycles. The molecule has 27 heavy (non-hydrogen) atoms. The van der Waals surface area contributed by atoms with E-state index in [2.05, 4.69) is 32.2 Å². The second-order valence-corrected chi connectivity index (χ2v) is 7.29. The summed E-state index contributed by atoms with van der Waals surface area (Å²) < 4.78 is 0. The maximum absolute atomic E-state index is 5.97. The Morgan fingerprint density at radius 1 is 1.07 bits per heavy atom. The molecule has 0 bridgehead atoms. The van der Waals surface area contributed by atoms with E-state index in [-0.39, 0.29) is 0 Å². The monoisotopic (exact) mass is 375 g/mol. The third-order valence-electron chi connectivity index (χ3n) is 5.04. The molecular weight excluding hydrogens is 358 g/mol. The fourth-order valence-electron chi connectivity index (χ4n) is 3.61. The van der Waals surface area contributed by atoms with Crippen LogP contribution in [-0.4, -0.2) is 31.6 Å². The maximum Gasteiger partial charge on any atom is 0.159 e. The van der Waals surface area contributed by atoms with Gasteiger partial charge in [-0.15, -0.1) is 0 Å². The molecule has 1 N–H and O–H groups in total. The highest BCUT2D eigenvalue weighted by Gasteiger charge is 2.20. The molecule has 0 spiro atoms. The average molecular weight is 376 g/mol. The molecule has 0 unspecified atom stereocenters. The SMILES string of the molecule is Clc1ccc(-c2ncc3c(n2)CCN(Cc2[nH]nc4ccccc24)C3)cc1. The van der Waals surface area contributed by atoms with E-state index in [4.69, 9.17) is 16.6 Å². The number of halogens is 1. The number of aromatic amines is 1. The Hall–Kier alpha value is -2.76. The van der Waals surface area contributed by atoms with E-state index in [0.29, 0.717) is 0 Å². The highest BCUT2D eigenvalue weighted by atomic mass is 35.5. The lowest BCUT2D eigenvalue weighted by Gasteiger charge is -2.27. The standard InChI is InChI=1S/C21H18ClN5/c22-16-7-5-14(6-8-16)21-23-11-15-12-27(10-9-18(15)24-21)13-20-17-3-1-2-4-19(17)25-26-20/h1-8,11H,9-10,12-13H2,(H,25,26). The summed E-state index contributed by atoms with van der Waals surface area (Å²) in [6, 6.07) is 15.9. The number of nitrogens with one attached hydrogen (secondary N) is 1. The Balaban J connectivity index is 1.36. The predicted molar refractivity (Wildman–Crippen MR) is 106 cm³/mol. The predicted octanol–water partition coefficient (Wildman–Crippen LogP) is 4.23. The summed E-state index contributed by atoms with van der Waals surface area (Å²) in [5.74, 6) is 0.762. The number of aromatic nitrogens is 4. The first-order valence-corrected chi connectivity index (χ1v) is 9.39. The van der Waals surface area contributed by atoms with Gasteiger partial charge in [0.05, 0.1) is 16.9 Å². The Morgan fingerprint density at radius 3 is 2.81 bits per heavy atom. The van der Waals surface area contributed by atoms with Crippen LogP contribution in [0.25, 0.3) is 22.3 Å². The number of H-pyrrole nitrogens is 1. The molecule has 0 saturated carbocycles. The van der Waals surface area contributed by atoms with Gasteiger partial charge in [0.15, 0.2) is 5.82 Å². The van der Waals surface area contributed by atoms with Crippen molar-refractivity contribution in [2.45, 2.75) is 19.5 Å². The Kier molecular flexibility index (Phi) is 4.11. The summed E-state index contributed by atoms with van der Waals surface area (Å²) in [6.45, 7) is 2.67. The van der Waals surface area contributed by atoms with Crippen LogP contribution in [0.1, 0.15) is 17.0 Å². The van der Waals surface area contributed by atoms with Crippen LogP contribution in [0.5, 0.6) is 0 Å². The van der Waals surface area contributed by atoms with Crippen molar-refractivity contribution in [3.05, 3.63) is 76.7 Å². The first kappa shape index (κ1) is 16.4. The third kappa shape index (κ3) is 3.20. The second-order valence-electron chi connectivity index (χ2n) is 6.85. The molecule has 0 atom stereocenters. The largest absolute Gasteiger partial charge is 0.293 e. The van der Waals surface area contributed by atoms with Crippen molar-refractivity contribution in [2.75, 3.05) is 6.54 Å². The number of rotatable bonds is 3.